The van der Waals surface area contributed by atoms with Crippen LogP contribution in [-0.4, -0.2) is 114 Å². The predicted molar refractivity (Wildman–Crippen MR) is 187 cm³/mol. The van der Waals surface area contributed by atoms with Gasteiger partial charge in [-0.15, -0.1) is 0 Å². The van der Waals surface area contributed by atoms with Crippen molar-refractivity contribution in [2.75, 3.05) is 78.9 Å². The van der Waals surface area contributed by atoms with Crippen LogP contribution in [-0.2, 0) is 49.5 Å². The average Bonchev–Trinajstić information content (AvgIpc) is 3.10. The molecular weight excluding hydrogens is 650 g/mol. The molecule has 0 bridgehead atoms. The number of hydrogen-bond donors (Lipinski definition) is 7. The third-order valence-electron chi connectivity index (χ3n) is 7.10. The number of rotatable bonds is 31. The van der Waals surface area contributed by atoms with Crippen LogP contribution in [0.4, 0.5) is 0 Å². The Labute approximate surface area is 295 Å². The highest BCUT2D eigenvalue weighted by Crippen LogP contribution is 2.12. The van der Waals surface area contributed by atoms with Crippen molar-refractivity contribution in [3.05, 3.63) is 35.9 Å². The van der Waals surface area contributed by atoms with Gasteiger partial charge in [-0.2, -0.15) is 0 Å². The Morgan fingerprint density at radius 3 is 1.42 bits per heavy atom. The van der Waals surface area contributed by atoms with E-state index in [1.165, 1.54) is 0 Å². The van der Waals surface area contributed by atoms with E-state index in [9.17, 15) is 24.0 Å². The second-order valence-corrected chi connectivity index (χ2v) is 11.7. The van der Waals surface area contributed by atoms with Crippen LogP contribution in [0.1, 0.15) is 63.4 Å². The standard InChI is InChI=1S/C34H59N7O9/c35-15-5-18-38-29(42)12-21-47-25-34(26-48-22-13-30(43)39-19-6-16-36,27-49-23-14-31(44)40-20-7-17-37)41-32(45)10-4-11-33(46)50-24-28-8-2-1-3-9-28/h1-3,8-9H,4-7,10-27,35-37H2,(H,38,42)(H,39,43)(H,40,44)(H,41,45). The van der Waals surface area contributed by atoms with Crippen molar-refractivity contribution in [2.45, 2.75) is 69.9 Å². The van der Waals surface area contributed by atoms with E-state index in [0.29, 0.717) is 58.5 Å². The summed E-state index contributed by atoms with van der Waals surface area (Å²) < 4.78 is 22.9. The molecule has 16 heteroatoms. The number of nitrogens with two attached hydrogens (primary N) is 3. The first-order valence-corrected chi connectivity index (χ1v) is 17.4. The summed E-state index contributed by atoms with van der Waals surface area (Å²) in [5.74, 6) is -1.44. The molecule has 0 spiro atoms. The number of esters is 1. The Bertz CT molecular complexity index is 1020. The van der Waals surface area contributed by atoms with Crippen molar-refractivity contribution in [3.8, 4) is 0 Å². The van der Waals surface area contributed by atoms with E-state index in [0.717, 1.165) is 5.56 Å². The topological polar surface area (TPSA) is 248 Å². The number of ether oxygens (including phenoxy) is 4. The van der Waals surface area contributed by atoms with Gasteiger partial charge in [0.1, 0.15) is 12.1 Å². The summed E-state index contributed by atoms with van der Waals surface area (Å²) in [6.07, 6.45) is 2.44. The maximum atomic E-state index is 13.2. The molecule has 0 aliphatic heterocycles. The van der Waals surface area contributed by atoms with Gasteiger partial charge in [0, 0.05) is 51.7 Å². The summed E-state index contributed by atoms with van der Waals surface area (Å²) in [7, 11) is 0. The van der Waals surface area contributed by atoms with Crippen LogP contribution < -0.4 is 38.5 Å². The number of carbonyl (C=O) groups excluding carboxylic acids is 5. The number of carbonyl (C=O) groups is 5. The quantitative estimate of drug-likeness (QED) is 0.0376. The largest absolute Gasteiger partial charge is 0.461 e. The van der Waals surface area contributed by atoms with Crippen molar-refractivity contribution >= 4 is 29.6 Å². The van der Waals surface area contributed by atoms with Gasteiger partial charge in [0.15, 0.2) is 0 Å². The van der Waals surface area contributed by atoms with Crippen molar-refractivity contribution < 1.29 is 42.9 Å². The maximum absolute atomic E-state index is 13.2. The number of nitrogens with one attached hydrogen (secondary N) is 4. The normalized spacial score (nSPS) is 11.1. The second-order valence-electron chi connectivity index (χ2n) is 11.7. The summed E-state index contributed by atoms with van der Waals surface area (Å²) in [5.41, 5.74) is 16.1. The van der Waals surface area contributed by atoms with E-state index in [2.05, 4.69) is 21.3 Å². The zero-order valence-corrected chi connectivity index (χ0v) is 29.3. The SMILES string of the molecule is NCCCNC(=O)CCOCC(COCCC(=O)NCCCN)(COCCC(=O)NCCCN)NC(=O)CCCC(=O)OCc1ccccc1. The van der Waals surface area contributed by atoms with Gasteiger partial charge in [-0.05, 0) is 50.9 Å². The summed E-state index contributed by atoms with van der Waals surface area (Å²) >= 11 is 0. The van der Waals surface area contributed by atoms with Crippen LogP contribution in [0.5, 0.6) is 0 Å². The molecule has 0 atom stereocenters. The van der Waals surface area contributed by atoms with Crippen molar-refractivity contribution in [1.82, 2.24) is 21.3 Å². The Hall–Kier alpha value is -3.67. The number of benzene rings is 1. The summed E-state index contributed by atoms with van der Waals surface area (Å²) in [6.45, 7) is 2.73. The van der Waals surface area contributed by atoms with E-state index in [1.807, 2.05) is 30.3 Å². The third kappa shape index (κ3) is 23.6. The molecule has 0 aromatic heterocycles. The highest BCUT2D eigenvalue weighted by Gasteiger charge is 2.34. The van der Waals surface area contributed by atoms with Crippen LogP contribution in [0.3, 0.4) is 0 Å². The Morgan fingerprint density at radius 1 is 0.560 bits per heavy atom. The van der Waals surface area contributed by atoms with Gasteiger partial charge in [-0.1, -0.05) is 30.3 Å². The minimum Gasteiger partial charge on any atom is -0.461 e. The van der Waals surface area contributed by atoms with Crippen LogP contribution in [0.25, 0.3) is 0 Å². The molecule has 1 aromatic rings. The molecule has 0 saturated heterocycles. The van der Waals surface area contributed by atoms with Crippen molar-refractivity contribution in [3.63, 3.8) is 0 Å². The molecule has 0 radical (unpaired) electrons. The van der Waals surface area contributed by atoms with Gasteiger partial charge in [0.2, 0.25) is 23.6 Å². The third-order valence-corrected chi connectivity index (χ3v) is 7.10. The lowest BCUT2D eigenvalue weighted by Gasteiger charge is -2.34. The zero-order valence-electron chi connectivity index (χ0n) is 29.3. The molecule has 0 aliphatic rings. The fourth-order valence-electron chi connectivity index (χ4n) is 4.35. The molecule has 284 valence electrons. The molecule has 16 nitrogen and oxygen atoms in total. The highest BCUT2D eigenvalue weighted by molar-refractivity contribution is 5.78. The summed E-state index contributed by atoms with van der Waals surface area (Å²) in [5, 5.41) is 11.2. The first-order chi connectivity index (χ1) is 24.2. The molecule has 0 heterocycles. The molecule has 4 amide bonds. The van der Waals surface area contributed by atoms with Crippen LogP contribution in [0, 0.1) is 0 Å². The second kappa shape index (κ2) is 29.1. The Morgan fingerprint density at radius 2 is 1.00 bits per heavy atom. The zero-order chi connectivity index (χ0) is 36.7. The minimum atomic E-state index is -1.24. The van der Waals surface area contributed by atoms with Crippen molar-refractivity contribution in [1.29, 1.82) is 0 Å². The van der Waals surface area contributed by atoms with Crippen molar-refractivity contribution in [2.24, 2.45) is 17.2 Å². The first kappa shape index (κ1) is 44.4. The molecule has 0 saturated carbocycles. The lowest BCUT2D eigenvalue weighted by atomic mass is 10.0. The Kier molecular flexibility index (Phi) is 25.8. The number of hydrogen-bond acceptors (Lipinski definition) is 12. The van der Waals surface area contributed by atoms with E-state index in [4.69, 9.17) is 36.1 Å². The average molecular weight is 710 g/mol. The fraction of sp³-hybridized carbons (Fsp3) is 0.676. The van der Waals surface area contributed by atoms with Gasteiger partial charge in [0.25, 0.3) is 0 Å². The molecule has 1 rings (SSSR count). The van der Waals surface area contributed by atoms with E-state index >= 15 is 0 Å². The van der Waals surface area contributed by atoms with Crippen LogP contribution in [0.15, 0.2) is 30.3 Å². The molecule has 10 N–H and O–H groups in total. The van der Waals surface area contributed by atoms with E-state index in [1.54, 1.807) is 0 Å². The first-order valence-electron chi connectivity index (χ1n) is 17.4. The monoisotopic (exact) mass is 709 g/mol. The maximum Gasteiger partial charge on any atom is 0.306 e. The van der Waals surface area contributed by atoms with Gasteiger partial charge < -0.3 is 57.4 Å². The van der Waals surface area contributed by atoms with Crippen LogP contribution >= 0.6 is 0 Å². The van der Waals surface area contributed by atoms with Gasteiger partial charge in [-0.25, -0.2) is 0 Å². The summed E-state index contributed by atoms with van der Waals surface area (Å²) in [6, 6.07) is 9.28. The van der Waals surface area contributed by atoms with E-state index in [-0.39, 0.29) is 102 Å². The van der Waals surface area contributed by atoms with Crippen LogP contribution in [0.2, 0.25) is 0 Å². The van der Waals surface area contributed by atoms with E-state index < -0.39 is 17.4 Å². The molecule has 0 fully saturated rings. The summed E-state index contributed by atoms with van der Waals surface area (Å²) in [4.78, 5) is 62.1. The lowest BCUT2D eigenvalue weighted by molar-refractivity contribution is -0.145. The lowest BCUT2D eigenvalue weighted by Crippen LogP contribution is -2.58. The highest BCUT2D eigenvalue weighted by atomic mass is 16.5. The molecule has 50 heavy (non-hydrogen) atoms. The molecule has 0 unspecified atom stereocenters. The fourth-order valence-corrected chi connectivity index (χ4v) is 4.35. The van der Waals surface area contributed by atoms with Gasteiger partial charge >= 0.3 is 5.97 Å². The number of amides is 4. The minimum absolute atomic E-state index is 0.00116. The smallest absolute Gasteiger partial charge is 0.306 e. The molecule has 0 aliphatic carbocycles. The van der Waals surface area contributed by atoms with Gasteiger partial charge in [-0.3, -0.25) is 24.0 Å². The van der Waals surface area contributed by atoms with Gasteiger partial charge in [0.05, 0.1) is 39.6 Å². The molecular formula is C34H59N7O9. The molecule has 1 aromatic carbocycles. The Balaban J connectivity index is 2.88. The predicted octanol–water partition coefficient (Wildman–Crippen LogP) is -0.630.